The quantitative estimate of drug-likeness (QED) is 0.476. The molecule has 0 spiro atoms. The highest BCUT2D eigenvalue weighted by atomic mass is 35.5. The Morgan fingerprint density at radius 3 is 2.44 bits per heavy atom. The van der Waals surface area contributed by atoms with E-state index >= 15 is 0 Å². The first-order chi connectivity index (χ1) is 15.9. The van der Waals surface area contributed by atoms with Crippen molar-refractivity contribution in [2.75, 3.05) is 0 Å². The van der Waals surface area contributed by atoms with Crippen LogP contribution in [0.15, 0.2) is 24.3 Å². The zero-order valence-corrected chi connectivity index (χ0v) is 20.2. The highest BCUT2D eigenvalue weighted by Crippen LogP contribution is 2.43. The molecule has 10 heteroatoms. The van der Waals surface area contributed by atoms with Gasteiger partial charge in [0.25, 0.3) is 5.91 Å². The number of piperidine rings is 1. The second-order valence-corrected chi connectivity index (χ2v) is 10.4. The van der Waals surface area contributed by atoms with Crippen molar-refractivity contribution >= 4 is 41.6 Å². The van der Waals surface area contributed by atoms with E-state index in [1.165, 1.54) is 4.90 Å². The Labute approximate surface area is 203 Å². The van der Waals surface area contributed by atoms with Gasteiger partial charge in [-0.15, -0.1) is 0 Å². The maximum Gasteiger partial charge on any atom is 0.305 e. The number of aldehydes is 1. The largest absolute Gasteiger partial charge is 0.481 e. The van der Waals surface area contributed by atoms with Crippen LogP contribution < -0.4 is 10.6 Å². The Morgan fingerprint density at radius 1 is 1.18 bits per heavy atom. The molecule has 2 bridgehead atoms. The van der Waals surface area contributed by atoms with E-state index in [4.69, 9.17) is 16.7 Å². The van der Waals surface area contributed by atoms with Crippen molar-refractivity contribution < 1.29 is 29.1 Å². The first-order valence-corrected chi connectivity index (χ1v) is 11.7. The number of carboxylic acid groups (broad SMARTS) is 1. The van der Waals surface area contributed by atoms with Gasteiger partial charge in [-0.1, -0.05) is 44.5 Å². The van der Waals surface area contributed by atoms with Crippen molar-refractivity contribution in [2.24, 2.45) is 11.3 Å². The van der Waals surface area contributed by atoms with E-state index < -0.39 is 47.7 Å². The number of aliphatic carboxylic acids is 1. The number of nitrogens with one attached hydrogen (secondary N) is 2. The molecule has 1 aliphatic carbocycles. The molecule has 3 amide bonds. The lowest BCUT2D eigenvalue weighted by atomic mass is 9.84. The van der Waals surface area contributed by atoms with Crippen molar-refractivity contribution in [3.63, 3.8) is 0 Å². The van der Waals surface area contributed by atoms with Gasteiger partial charge in [-0.3, -0.25) is 19.2 Å². The zero-order chi connectivity index (χ0) is 25.2. The maximum atomic E-state index is 13.8. The van der Waals surface area contributed by atoms with Gasteiger partial charge < -0.3 is 25.4 Å². The van der Waals surface area contributed by atoms with Crippen LogP contribution in [0.25, 0.3) is 0 Å². The number of carbonyl (C=O) groups excluding carboxylic acids is 4. The Bertz CT molecular complexity index is 991. The van der Waals surface area contributed by atoms with Gasteiger partial charge in [-0.25, -0.2) is 0 Å². The van der Waals surface area contributed by atoms with E-state index in [-0.39, 0.29) is 28.5 Å². The van der Waals surface area contributed by atoms with Crippen LogP contribution >= 0.6 is 11.6 Å². The molecule has 1 aromatic rings. The van der Waals surface area contributed by atoms with Crippen molar-refractivity contribution in [3.05, 3.63) is 34.9 Å². The number of carbonyl (C=O) groups is 5. The third kappa shape index (κ3) is 5.41. The van der Waals surface area contributed by atoms with E-state index in [0.717, 1.165) is 12.8 Å². The number of hydrogen-bond acceptors (Lipinski definition) is 5. The van der Waals surface area contributed by atoms with Crippen molar-refractivity contribution in [1.29, 1.82) is 0 Å². The molecule has 0 radical (unpaired) electrons. The van der Waals surface area contributed by atoms with Crippen LogP contribution in [-0.2, 0) is 19.2 Å². The van der Waals surface area contributed by atoms with E-state index in [1.54, 1.807) is 24.3 Å². The fraction of sp³-hybridized carbons (Fsp3) is 0.542. The van der Waals surface area contributed by atoms with Crippen molar-refractivity contribution in [3.8, 4) is 0 Å². The van der Waals surface area contributed by atoms with Gasteiger partial charge in [0.15, 0.2) is 0 Å². The number of likely N-dealkylation sites (tertiary alicyclic amines) is 1. The van der Waals surface area contributed by atoms with E-state index in [1.807, 2.05) is 20.8 Å². The summed E-state index contributed by atoms with van der Waals surface area (Å²) >= 11 is 6.16. The molecule has 1 saturated carbocycles. The van der Waals surface area contributed by atoms with Gasteiger partial charge in [-0.2, -0.15) is 0 Å². The average Bonchev–Trinajstić information content (AvgIpc) is 3.37. The predicted molar refractivity (Wildman–Crippen MR) is 124 cm³/mol. The second kappa shape index (κ2) is 10.1. The summed E-state index contributed by atoms with van der Waals surface area (Å²) < 4.78 is 0. The van der Waals surface area contributed by atoms with Crippen molar-refractivity contribution in [1.82, 2.24) is 15.5 Å². The smallest absolute Gasteiger partial charge is 0.305 e. The topological polar surface area (TPSA) is 133 Å². The highest BCUT2D eigenvalue weighted by Gasteiger charge is 2.53. The zero-order valence-electron chi connectivity index (χ0n) is 19.4. The standard InChI is InChI=1S/C24H30ClN3O6/c1-24(2,3)20(27-21(32)16-6-4-5-7-17(16)25)23(34)28-15-9-8-13(10-15)19(28)22(33)26-14(12-29)11-18(30)31/h4-7,12-15,19-20H,8-11H2,1-3H3,(H,26,33)(H,27,32)(H,30,31). The summed E-state index contributed by atoms with van der Waals surface area (Å²) in [6.45, 7) is 5.46. The van der Waals surface area contributed by atoms with Crippen LogP contribution in [0.1, 0.15) is 56.8 Å². The fourth-order valence-corrected chi connectivity index (χ4v) is 5.11. The minimum absolute atomic E-state index is 0.0917. The van der Waals surface area contributed by atoms with E-state index in [0.29, 0.717) is 12.7 Å². The average molecular weight is 492 g/mol. The van der Waals surface area contributed by atoms with Crippen LogP contribution in [0, 0.1) is 11.3 Å². The molecule has 1 heterocycles. The molecule has 5 atom stereocenters. The molecule has 2 aliphatic rings. The molecular weight excluding hydrogens is 462 g/mol. The Balaban J connectivity index is 1.85. The summed E-state index contributed by atoms with van der Waals surface area (Å²) in [4.78, 5) is 63.7. The van der Waals surface area contributed by atoms with Gasteiger partial charge in [0.1, 0.15) is 18.4 Å². The summed E-state index contributed by atoms with van der Waals surface area (Å²) in [5, 5.41) is 14.5. The molecule has 3 N–H and O–H groups in total. The Kier molecular flexibility index (Phi) is 7.65. The molecule has 1 aliphatic heterocycles. The molecule has 1 saturated heterocycles. The summed E-state index contributed by atoms with van der Waals surface area (Å²) in [5.41, 5.74) is -0.433. The fourth-order valence-electron chi connectivity index (χ4n) is 4.88. The van der Waals surface area contributed by atoms with E-state index in [9.17, 15) is 24.0 Å². The van der Waals surface area contributed by atoms with Gasteiger partial charge in [0, 0.05) is 6.04 Å². The van der Waals surface area contributed by atoms with Crippen LogP contribution in [0.4, 0.5) is 0 Å². The SMILES string of the molecule is CC(C)(C)C(NC(=O)c1ccccc1Cl)C(=O)N1C2CCC(C2)C1C(=O)NC(C=O)CC(=O)O. The number of rotatable bonds is 8. The van der Waals surface area contributed by atoms with Gasteiger partial charge in [0.2, 0.25) is 11.8 Å². The van der Waals surface area contributed by atoms with Crippen LogP contribution in [-0.4, -0.2) is 64.2 Å². The summed E-state index contributed by atoms with van der Waals surface area (Å²) in [6, 6.07) is 3.42. The van der Waals surface area contributed by atoms with E-state index in [2.05, 4.69) is 10.6 Å². The Morgan fingerprint density at radius 2 is 1.85 bits per heavy atom. The molecular formula is C24H30ClN3O6. The normalized spacial score (nSPS) is 23.2. The second-order valence-electron chi connectivity index (χ2n) is 10.0. The van der Waals surface area contributed by atoms with Gasteiger partial charge >= 0.3 is 5.97 Å². The lowest BCUT2D eigenvalue weighted by Gasteiger charge is -2.40. The molecule has 0 aromatic heterocycles. The molecule has 5 unspecified atom stereocenters. The molecule has 1 aromatic carbocycles. The predicted octanol–water partition coefficient (Wildman–Crippen LogP) is 2.02. The molecule has 9 nitrogen and oxygen atoms in total. The number of fused-ring (bicyclic) bond motifs is 2. The third-order valence-corrected chi connectivity index (χ3v) is 6.83. The lowest BCUT2D eigenvalue weighted by Crippen LogP contribution is -2.61. The minimum atomic E-state index is -1.21. The summed E-state index contributed by atoms with van der Waals surface area (Å²) in [6.07, 6.45) is 1.98. The minimum Gasteiger partial charge on any atom is -0.481 e. The van der Waals surface area contributed by atoms with Gasteiger partial charge in [0.05, 0.1) is 23.0 Å². The molecule has 184 valence electrons. The lowest BCUT2D eigenvalue weighted by molar-refractivity contribution is -0.147. The number of halogens is 1. The Hall–Kier alpha value is -2.94. The molecule has 2 fully saturated rings. The van der Waals surface area contributed by atoms with Crippen molar-refractivity contribution in [2.45, 2.75) is 70.6 Å². The van der Waals surface area contributed by atoms with Crippen LogP contribution in [0.3, 0.4) is 0 Å². The number of benzene rings is 1. The summed E-state index contributed by atoms with van der Waals surface area (Å²) in [7, 11) is 0. The first-order valence-electron chi connectivity index (χ1n) is 11.3. The number of carboxylic acids is 1. The summed E-state index contributed by atoms with van der Waals surface area (Å²) in [5.74, 6) is -2.74. The maximum absolute atomic E-state index is 13.8. The van der Waals surface area contributed by atoms with Crippen LogP contribution in [0.5, 0.6) is 0 Å². The number of hydrogen-bond donors (Lipinski definition) is 3. The number of amides is 3. The van der Waals surface area contributed by atoms with Crippen LogP contribution in [0.2, 0.25) is 5.02 Å². The highest BCUT2D eigenvalue weighted by molar-refractivity contribution is 6.33. The molecule has 34 heavy (non-hydrogen) atoms. The third-order valence-electron chi connectivity index (χ3n) is 6.50. The van der Waals surface area contributed by atoms with Gasteiger partial charge in [-0.05, 0) is 42.7 Å². The molecule has 3 rings (SSSR count). The first kappa shape index (κ1) is 25.7. The monoisotopic (exact) mass is 491 g/mol. The number of nitrogens with zero attached hydrogens (tertiary/aromatic N) is 1.